The smallest absolute Gasteiger partial charge is 0.251 e. The number of benzene rings is 2. The molecule has 1 aliphatic rings. The number of rotatable bonds is 9. The lowest BCUT2D eigenvalue weighted by Crippen LogP contribution is -2.51. The molecule has 0 radical (unpaired) electrons. The maximum absolute atomic E-state index is 12.7. The van der Waals surface area contributed by atoms with E-state index in [1.807, 2.05) is 37.3 Å². The molecule has 2 atom stereocenters. The minimum atomic E-state index is -0.0922. The molecule has 2 N–H and O–H groups in total. The summed E-state index contributed by atoms with van der Waals surface area (Å²) in [6.45, 7) is 6.30. The van der Waals surface area contributed by atoms with E-state index in [-0.39, 0.29) is 18.0 Å². The molecule has 6 nitrogen and oxygen atoms in total. The highest BCUT2D eigenvalue weighted by molar-refractivity contribution is 5.95. The van der Waals surface area contributed by atoms with Crippen molar-refractivity contribution in [3.05, 3.63) is 54.1 Å². The van der Waals surface area contributed by atoms with Crippen LogP contribution in [0.3, 0.4) is 0 Å². The van der Waals surface area contributed by atoms with Gasteiger partial charge in [-0.2, -0.15) is 0 Å². The van der Waals surface area contributed by atoms with Crippen LogP contribution < -0.4 is 24.8 Å². The van der Waals surface area contributed by atoms with E-state index >= 15 is 0 Å². The van der Waals surface area contributed by atoms with Crippen molar-refractivity contribution in [2.75, 3.05) is 26.4 Å². The molecule has 3 rings (SSSR count). The predicted octanol–water partition coefficient (Wildman–Crippen LogP) is 3.41. The summed E-state index contributed by atoms with van der Waals surface area (Å²) in [5.74, 6) is 1.88. The second-order valence-corrected chi connectivity index (χ2v) is 7.07. The van der Waals surface area contributed by atoms with E-state index in [2.05, 4.69) is 17.6 Å². The van der Waals surface area contributed by atoms with Gasteiger partial charge in [0, 0.05) is 17.6 Å². The quantitative estimate of drug-likeness (QED) is 0.634. The first-order valence-corrected chi connectivity index (χ1v) is 10.3. The van der Waals surface area contributed by atoms with E-state index in [1.54, 1.807) is 18.2 Å². The van der Waals surface area contributed by atoms with Crippen molar-refractivity contribution in [2.45, 2.75) is 38.8 Å². The van der Waals surface area contributed by atoms with Gasteiger partial charge in [-0.05, 0) is 63.6 Å². The first kappa shape index (κ1) is 21.0. The van der Waals surface area contributed by atoms with Gasteiger partial charge in [0.15, 0.2) is 11.5 Å². The fourth-order valence-corrected chi connectivity index (χ4v) is 3.36. The van der Waals surface area contributed by atoms with Crippen molar-refractivity contribution in [1.29, 1.82) is 0 Å². The van der Waals surface area contributed by atoms with Crippen molar-refractivity contribution in [1.82, 2.24) is 10.6 Å². The Morgan fingerprint density at radius 3 is 2.62 bits per heavy atom. The van der Waals surface area contributed by atoms with Gasteiger partial charge < -0.3 is 24.8 Å². The Bertz CT molecular complexity index is 782. The van der Waals surface area contributed by atoms with Crippen molar-refractivity contribution in [2.24, 2.45) is 0 Å². The fourth-order valence-electron chi connectivity index (χ4n) is 3.36. The minimum absolute atomic E-state index is 0.0922. The van der Waals surface area contributed by atoms with E-state index in [9.17, 15) is 4.79 Å². The molecule has 2 unspecified atom stereocenters. The summed E-state index contributed by atoms with van der Waals surface area (Å²) in [6, 6.07) is 15.3. The molecule has 1 fully saturated rings. The summed E-state index contributed by atoms with van der Waals surface area (Å²) >= 11 is 0. The Morgan fingerprint density at radius 2 is 1.86 bits per heavy atom. The fraction of sp³-hybridized carbons (Fsp3) is 0.435. The zero-order valence-electron chi connectivity index (χ0n) is 17.1. The molecule has 0 bridgehead atoms. The van der Waals surface area contributed by atoms with Crippen LogP contribution in [0.4, 0.5) is 0 Å². The molecular formula is C23H30N2O4. The Morgan fingerprint density at radius 1 is 1.07 bits per heavy atom. The van der Waals surface area contributed by atoms with E-state index in [0.717, 1.165) is 25.1 Å². The minimum Gasteiger partial charge on any atom is -0.490 e. The number of carbonyl (C=O) groups is 1. The largest absolute Gasteiger partial charge is 0.490 e. The molecule has 156 valence electrons. The van der Waals surface area contributed by atoms with Gasteiger partial charge in [-0.1, -0.05) is 18.2 Å². The second-order valence-electron chi connectivity index (χ2n) is 7.07. The summed E-state index contributed by atoms with van der Waals surface area (Å²) in [5.41, 5.74) is 0.569. The first-order valence-electron chi connectivity index (χ1n) is 10.3. The summed E-state index contributed by atoms with van der Waals surface area (Å²) in [7, 11) is 0. The topological polar surface area (TPSA) is 68.8 Å². The molecule has 0 saturated carbocycles. The van der Waals surface area contributed by atoms with Gasteiger partial charge in [-0.15, -0.1) is 0 Å². The molecule has 2 aromatic carbocycles. The lowest BCUT2D eigenvalue weighted by atomic mass is 9.99. The number of amides is 1. The highest BCUT2D eigenvalue weighted by atomic mass is 16.5. The molecule has 2 aromatic rings. The predicted molar refractivity (Wildman–Crippen MR) is 113 cm³/mol. The average molecular weight is 399 g/mol. The molecule has 1 saturated heterocycles. The lowest BCUT2D eigenvalue weighted by molar-refractivity contribution is 0.0919. The van der Waals surface area contributed by atoms with Gasteiger partial charge in [0.1, 0.15) is 19.0 Å². The van der Waals surface area contributed by atoms with Crippen LogP contribution >= 0.6 is 0 Å². The monoisotopic (exact) mass is 398 g/mol. The van der Waals surface area contributed by atoms with Crippen LogP contribution in [0.15, 0.2) is 48.5 Å². The van der Waals surface area contributed by atoms with Crippen LogP contribution in [0, 0.1) is 0 Å². The van der Waals surface area contributed by atoms with E-state index in [1.165, 1.54) is 0 Å². The molecule has 0 spiro atoms. The third-order valence-corrected chi connectivity index (χ3v) is 4.94. The number of carbonyl (C=O) groups excluding carboxylic acids is 1. The van der Waals surface area contributed by atoms with Crippen LogP contribution in [0.5, 0.6) is 17.2 Å². The second kappa shape index (κ2) is 10.7. The SMILES string of the molecule is CCOc1cc(C(=O)NC2CCCNC2C)ccc1OCCOc1ccccc1. The molecule has 0 aromatic heterocycles. The normalized spacial score (nSPS) is 18.7. The van der Waals surface area contributed by atoms with Gasteiger partial charge in [0.05, 0.1) is 6.61 Å². The molecular weight excluding hydrogens is 368 g/mol. The van der Waals surface area contributed by atoms with Gasteiger partial charge in [-0.25, -0.2) is 0 Å². The van der Waals surface area contributed by atoms with Crippen molar-refractivity contribution < 1.29 is 19.0 Å². The zero-order chi connectivity index (χ0) is 20.5. The van der Waals surface area contributed by atoms with Crippen molar-refractivity contribution >= 4 is 5.91 Å². The van der Waals surface area contributed by atoms with Gasteiger partial charge in [0.2, 0.25) is 0 Å². The standard InChI is InChI=1S/C23H30N2O4/c1-3-27-22-16-18(23(26)25-20-10-7-13-24-17(20)2)11-12-21(22)29-15-14-28-19-8-5-4-6-9-19/h4-6,8-9,11-12,16-17,20,24H,3,7,10,13-15H2,1-2H3,(H,25,26). The van der Waals surface area contributed by atoms with Crippen LogP contribution in [-0.2, 0) is 0 Å². The van der Waals surface area contributed by atoms with Crippen molar-refractivity contribution in [3.8, 4) is 17.2 Å². The van der Waals surface area contributed by atoms with Crippen LogP contribution in [0.25, 0.3) is 0 Å². The van der Waals surface area contributed by atoms with Crippen LogP contribution in [0.1, 0.15) is 37.0 Å². The number of ether oxygens (including phenoxy) is 3. The molecule has 6 heteroatoms. The summed E-state index contributed by atoms with van der Waals surface area (Å²) in [5, 5.41) is 6.53. The van der Waals surface area contributed by atoms with Crippen LogP contribution in [-0.4, -0.2) is 44.4 Å². The molecule has 1 aliphatic heterocycles. The third-order valence-electron chi connectivity index (χ3n) is 4.94. The zero-order valence-corrected chi connectivity index (χ0v) is 17.1. The third kappa shape index (κ3) is 6.12. The molecule has 1 amide bonds. The maximum Gasteiger partial charge on any atom is 0.251 e. The van der Waals surface area contributed by atoms with Gasteiger partial charge >= 0.3 is 0 Å². The highest BCUT2D eigenvalue weighted by Gasteiger charge is 2.23. The van der Waals surface area contributed by atoms with Gasteiger partial charge in [0.25, 0.3) is 5.91 Å². The molecule has 1 heterocycles. The number of hydrogen-bond acceptors (Lipinski definition) is 5. The summed E-state index contributed by atoms with van der Waals surface area (Å²) < 4.78 is 17.2. The molecule has 0 aliphatic carbocycles. The van der Waals surface area contributed by atoms with Crippen molar-refractivity contribution in [3.63, 3.8) is 0 Å². The van der Waals surface area contributed by atoms with E-state index in [4.69, 9.17) is 14.2 Å². The van der Waals surface area contributed by atoms with Gasteiger partial charge in [-0.3, -0.25) is 4.79 Å². The Labute approximate surface area is 172 Å². The summed E-state index contributed by atoms with van der Waals surface area (Å²) in [6.07, 6.45) is 2.05. The lowest BCUT2D eigenvalue weighted by Gasteiger charge is -2.30. The Balaban J connectivity index is 1.57. The number of para-hydroxylation sites is 1. The number of nitrogens with one attached hydrogen (secondary N) is 2. The van der Waals surface area contributed by atoms with Crippen LogP contribution in [0.2, 0.25) is 0 Å². The summed E-state index contributed by atoms with van der Waals surface area (Å²) in [4.78, 5) is 12.7. The number of piperidine rings is 1. The average Bonchev–Trinajstić information content (AvgIpc) is 2.74. The Kier molecular flexibility index (Phi) is 7.76. The maximum atomic E-state index is 12.7. The first-order chi connectivity index (χ1) is 14.2. The molecule has 29 heavy (non-hydrogen) atoms. The van der Waals surface area contributed by atoms with E-state index < -0.39 is 0 Å². The number of hydrogen-bond donors (Lipinski definition) is 2. The van der Waals surface area contributed by atoms with E-state index in [0.29, 0.717) is 36.9 Å². The Hall–Kier alpha value is -2.73. The highest BCUT2D eigenvalue weighted by Crippen LogP contribution is 2.28.